The normalized spacial score (nSPS) is 12.6. The first-order chi connectivity index (χ1) is 7.77. The number of aromatic nitrogens is 3. The van der Waals surface area contributed by atoms with Gasteiger partial charge in [-0.05, 0) is 13.8 Å². The Labute approximate surface area is 93.9 Å². The highest BCUT2D eigenvalue weighted by molar-refractivity contribution is 5.12. The van der Waals surface area contributed by atoms with Gasteiger partial charge in [-0.2, -0.15) is 0 Å². The van der Waals surface area contributed by atoms with Gasteiger partial charge in [-0.25, -0.2) is 0 Å². The monoisotopic (exact) mass is 218 g/mol. The molecule has 5 heteroatoms. The van der Waals surface area contributed by atoms with Gasteiger partial charge in [0.15, 0.2) is 0 Å². The van der Waals surface area contributed by atoms with Crippen molar-refractivity contribution in [2.75, 3.05) is 0 Å². The standard InChI is InChI=1S/C11H14N4O/c1-8-11(13-5-4-12-8)9(2)14-7-10-3-6-16-15-10/h3-6,9,14H,7H2,1-2H3. The predicted molar refractivity (Wildman–Crippen MR) is 58.5 cm³/mol. The second-order valence-corrected chi connectivity index (χ2v) is 3.62. The Hall–Kier alpha value is -1.75. The zero-order chi connectivity index (χ0) is 11.4. The number of nitrogens with zero attached hydrogens (tertiary/aromatic N) is 3. The smallest absolute Gasteiger partial charge is 0.124 e. The van der Waals surface area contributed by atoms with Crippen LogP contribution < -0.4 is 5.32 Å². The maximum absolute atomic E-state index is 4.76. The summed E-state index contributed by atoms with van der Waals surface area (Å²) in [7, 11) is 0. The Balaban J connectivity index is 1.98. The van der Waals surface area contributed by atoms with E-state index in [0.717, 1.165) is 17.1 Å². The van der Waals surface area contributed by atoms with Crippen LogP contribution in [0, 0.1) is 6.92 Å². The SMILES string of the molecule is Cc1nccnc1C(C)NCc1ccon1. The number of hydrogen-bond donors (Lipinski definition) is 1. The van der Waals surface area contributed by atoms with E-state index in [9.17, 15) is 0 Å². The van der Waals surface area contributed by atoms with Crippen molar-refractivity contribution in [3.8, 4) is 0 Å². The minimum atomic E-state index is 0.144. The van der Waals surface area contributed by atoms with Gasteiger partial charge in [-0.3, -0.25) is 9.97 Å². The molecule has 16 heavy (non-hydrogen) atoms. The van der Waals surface area contributed by atoms with Crippen LogP contribution in [-0.2, 0) is 6.54 Å². The van der Waals surface area contributed by atoms with Crippen molar-refractivity contribution in [3.63, 3.8) is 0 Å². The van der Waals surface area contributed by atoms with Gasteiger partial charge < -0.3 is 9.84 Å². The third kappa shape index (κ3) is 2.43. The summed E-state index contributed by atoms with van der Waals surface area (Å²) in [4.78, 5) is 8.52. The Morgan fingerprint density at radius 1 is 1.38 bits per heavy atom. The Bertz CT molecular complexity index is 441. The summed E-state index contributed by atoms with van der Waals surface area (Å²) in [6.07, 6.45) is 4.97. The molecule has 0 spiro atoms. The molecule has 84 valence electrons. The fourth-order valence-corrected chi connectivity index (χ4v) is 1.53. The summed E-state index contributed by atoms with van der Waals surface area (Å²) in [6.45, 7) is 4.67. The van der Waals surface area contributed by atoms with Gasteiger partial charge in [0.25, 0.3) is 0 Å². The van der Waals surface area contributed by atoms with E-state index in [1.165, 1.54) is 0 Å². The Kier molecular flexibility index (Phi) is 3.26. The van der Waals surface area contributed by atoms with E-state index in [2.05, 4.69) is 27.4 Å². The number of hydrogen-bond acceptors (Lipinski definition) is 5. The lowest BCUT2D eigenvalue weighted by molar-refractivity contribution is 0.405. The van der Waals surface area contributed by atoms with Crippen molar-refractivity contribution >= 4 is 0 Å². The maximum Gasteiger partial charge on any atom is 0.124 e. The molecule has 1 unspecified atom stereocenters. The second kappa shape index (κ2) is 4.85. The molecule has 1 atom stereocenters. The van der Waals surface area contributed by atoms with Crippen molar-refractivity contribution in [3.05, 3.63) is 41.8 Å². The largest absolute Gasteiger partial charge is 0.364 e. The zero-order valence-electron chi connectivity index (χ0n) is 9.34. The van der Waals surface area contributed by atoms with Crippen LogP contribution in [0.15, 0.2) is 29.2 Å². The van der Waals surface area contributed by atoms with Gasteiger partial charge in [0.1, 0.15) is 6.26 Å². The van der Waals surface area contributed by atoms with Gasteiger partial charge in [-0.1, -0.05) is 5.16 Å². The van der Waals surface area contributed by atoms with Gasteiger partial charge in [0.05, 0.1) is 17.1 Å². The molecule has 2 aromatic rings. The Morgan fingerprint density at radius 3 is 2.88 bits per heavy atom. The van der Waals surface area contributed by atoms with Crippen LogP contribution in [0.3, 0.4) is 0 Å². The molecule has 0 saturated heterocycles. The van der Waals surface area contributed by atoms with Crippen LogP contribution in [0.5, 0.6) is 0 Å². The molecule has 0 bridgehead atoms. The van der Waals surface area contributed by atoms with E-state index >= 15 is 0 Å². The molecule has 0 saturated carbocycles. The molecule has 2 heterocycles. The fourth-order valence-electron chi connectivity index (χ4n) is 1.53. The lowest BCUT2D eigenvalue weighted by Gasteiger charge is -2.13. The quantitative estimate of drug-likeness (QED) is 0.844. The topological polar surface area (TPSA) is 63.8 Å². The van der Waals surface area contributed by atoms with Crippen molar-refractivity contribution < 1.29 is 4.52 Å². The second-order valence-electron chi connectivity index (χ2n) is 3.62. The fraction of sp³-hybridized carbons (Fsp3) is 0.364. The molecular weight excluding hydrogens is 204 g/mol. The van der Waals surface area contributed by atoms with Crippen molar-refractivity contribution in [2.45, 2.75) is 26.4 Å². The third-order valence-corrected chi connectivity index (χ3v) is 2.41. The van der Waals surface area contributed by atoms with Crippen molar-refractivity contribution in [2.24, 2.45) is 0 Å². The Morgan fingerprint density at radius 2 is 2.19 bits per heavy atom. The first-order valence-corrected chi connectivity index (χ1v) is 5.17. The average Bonchev–Trinajstić information content (AvgIpc) is 2.79. The molecule has 2 rings (SSSR count). The van der Waals surface area contributed by atoms with E-state index in [-0.39, 0.29) is 6.04 Å². The molecule has 0 amide bonds. The van der Waals surface area contributed by atoms with Crippen LogP contribution in [0.1, 0.15) is 30.0 Å². The highest BCUT2D eigenvalue weighted by atomic mass is 16.5. The summed E-state index contributed by atoms with van der Waals surface area (Å²) >= 11 is 0. The molecule has 0 radical (unpaired) electrons. The molecular formula is C11H14N4O. The van der Waals surface area contributed by atoms with Crippen LogP contribution in [0.25, 0.3) is 0 Å². The molecule has 0 aromatic carbocycles. The summed E-state index contributed by atoms with van der Waals surface area (Å²) in [5.41, 5.74) is 2.79. The molecule has 2 aromatic heterocycles. The van der Waals surface area contributed by atoms with Gasteiger partial charge >= 0.3 is 0 Å². The van der Waals surface area contributed by atoms with E-state index in [1.807, 2.05) is 13.0 Å². The molecule has 5 nitrogen and oxygen atoms in total. The highest BCUT2D eigenvalue weighted by Crippen LogP contribution is 2.12. The molecule has 0 aliphatic heterocycles. The van der Waals surface area contributed by atoms with Crippen LogP contribution in [0.4, 0.5) is 0 Å². The average molecular weight is 218 g/mol. The predicted octanol–water partition coefficient (Wildman–Crippen LogP) is 1.62. The number of rotatable bonds is 4. The molecule has 1 N–H and O–H groups in total. The number of nitrogens with one attached hydrogen (secondary N) is 1. The van der Waals surface area contributed by atoms with Gasteiger partial charge in [0, 0.05) is 31.0 Å². The number of aryl methyl sites for hydroxylation is 1. The summed E-state index contributed by atoms with van der Waals surface area (Å²) in [5.74, 6) is 0. The first kappa shape index (κ1) is 10.8. The third-order valence-electron chi connectivity index (χ3n) is 2.41. The lowest BCUT2D eigenvalue weighted by Crippen LogP contribution is -2.20. The summed E-state index contributed by atoms with van der Waals surface area (Å²) < 4.78 is 4.76. The van der Waals surface area contributed by atoms with Crippen molar-refractivity contribution in [1.29, 1.82) is 0 Å². The van der Waals surface area contributed by atoms with Crippen molar-refractivity contribution in [1.82, 2.24) is 20.4 Å². The molecule has 0 aliphatic rings. The van der Waals surface area contributed by atoms with Crippen LogP contribution in [-0.4, -0.2) is 15.1 Å². The summed E-state index contributed by atoms with van der Waals surface area (Å²) in [6, 6.07) is 1.98. The van der Waals surface area contributed by atoms with Gasteiger partial charge in [-0.15, -0.1) is 0 Å². The molecule has 0 aliphatic carbocycles. The van der Waals surface area contributed by atoms with Gasteiger partial charge in [0.2, 0.25) is 0 Å². The van der Waals surface area contributed by atoms with E-state index < -0.39 is 0 Å². The minimum Gasteiger partial charge on any atom is -0.364 e. The van der Waals surface area contributed by atoms with Crippen LogP contribution in [0.2, 0.25) is 0 Å². The lowest BCUT2D eigenvalue weighted by atomic mass is 10.2. The minimum absolute atomic E-state index is 0.144. The highest BCUT2D eigenvalue weighted by Gasteiger charge is 2.10. The summed E-state index contributed by atoms with van der Waals surface area (Å²) in [5, 5.41) is 7.15. The zero-order valence-corrected chi connectivity index (χ0v) is 9.34. The van der Waals surface area contributed by atoms with E-state index in [0.29, 0.717) is 6.54 Å². The maximum atomic E-state index is 4.76. The van der Waals surface area contributed by atoms with E-state index in [1.54, 1.807) is 18.7 Å². The van der Waals surface area contributed by atoms with Crippen LogP contribution >= 0.6 is 0 Å². The first-order valence-electron chi connectivity index (χ1n) is 5.17. The van der Waals surface area contributed by atoms with E-state index in [4.69, 9.17) is 4.52 Å². The molecule has 0 fully saturated rings.